The van der Waals surface area contributed by atoms with Crippen molar-refractivity contribution in [2.75, 3.05) is 11.9 Å². The summed E-state index contributed by atoms with van der Waals surface area (Å²) in [7, 11) is 0. The molecule has 1 aromatic rings. The Morgan fingerprint density at radius 1 is 1.43 bits per heavy atom. The Morgan fingerprint density at radius 2 is 2.14 bits per heavy atom. The molecule has 0 radical (unpaired) electrons. The number of hydrogen-bond donors (Lipinski definition) is 0. The van der Waals surface area contributed by atoms with Gasteiger partial charge in [0.25, 0.3) is 0 Å². The van der Waals surface area contributed by atoms with E-state index in [-0.39, 0.29) is 6.10 Å². The van der Waals surface area contributed by atoms with Crippen LogP contribution in [0.15, 0.2) is 30.3 Å². The first kappa shape index (κ1) is 10.1. The molecule has 1 aromatic carbocycles. The Kier molecular flexibility index (Phi) is 3.56. The largest absolute Gasteiger partial charge is 0.370 e. The average molecular weight is 257 g/mol. The van der Waals surface area contributed by atoms with Gasteiger partial charge >= 0.3 is 0 Å². The van der Waals surface area contributed by atoms with Crippen molar-refractivity contribution in [1.82, 2.24) is 0 Å². The summed E-state index contributed by atoms with van der Waals surface area (Å²) in [5, 5.41) is 0.838. The van der Waals surface area contributed by atoms with E-state index < -0.39 is 0 Å². The molecule has 0 bridgehead atoms. The second kappa shape index (κ2) is 4.91. The van der Waals surface area contributed by atoms with Crippen molar-refractivity contribution in [2.24, 2.45) is 0 Å². The van der Waals surface area contributed by atoms with Gasteiger partial charge in [-0.25, -0.2) is 0 Å². The predicted octanol–water partition coefficient (Wildman–Crippen LogP) is 2.37. The quantitative estimate of drug-likeness (QED) is 0.596. The van der Waals surface area contributed by atoms with Gasteiger partial charge in [0.1, 0.15) is 6.10 Å². The number of ether oxygens (including phenoxy) is 2. The third-order valence-corrected chi connectivity index (χ3v) is 2.87. The van der Waals surface area contributed by atoms with Gasteiger partial charge in [-0.2, -0.15) is 0 Å². The molecule has 0 N–H and O–H groups in total. The first-order valence-electron chi connectivity index (χ1n) is 4.73. The van der Waals surface area contributed by atoms with Crippen LogP contribution in [0.25, 0.3) is 0 Å². The van der Waals surface area contributed by atoms with E-state index in [0.717, 1.165) is 11.9 Å². The molecule has 3 heteroatoms. The van der Waals surface area contributed by atoms with Crippen LogP contribution >= 0.6 is 15.9 Å². The van der Waals surface area contributed by atoms with Crippen molar-refractivity contribution < 1.29 is 9.47 Å². The maximum Gasteiger partial charge on any atom is 0.108 e. The Hall–Kier alpha value is -0.380. The minimum absolute atomic E-state index is 0.190. The molecular weight excluding hydrogens is 244 g/mol. The van der Waals surface area contributed by atoms with Gasteiger partial charge in [-0.15, -0.1) is 0 Å². The molecule has 1 saturated heterocycles. The highest BCUT2D eigenvalue weighted by atomic mass is 79.9. The molecule has 1 fully saturated rings. The summed E-state index contributed by atoms with van der Waals surface area (Å²) in [5.41, 5.74) is 1.21. The lowest BCUT2D eigenvalue weighted by Gasteiger charge is -2.12. The van der Waals surface area contributed by atoms with Crippen molar-refractivity contribution in [3.05, 3.63) is 35.9 Å². The molecular formula is C11H13BrO2. The van der Waals surface area contributed by atoms with E-state index in [0.29, 0.717) is 12.7 Å². The number of epoxide rings is 1. The zero-order valence-corrected chi connectivity index (χ0v) is 9.44. The normalized spacial score (nSPS) is 21.9. The molecule has 0 spiro atoms. The summed E-state index contributed by atoms with van der Waals surface area (Å²) in [4.78, 5) is 0. The highest BCUT2D eigenvalue weighted by Crippen LogP contribution is 2.19. The first-order chi connectivity index (χ1) is 6.90. The molecule has 2 unspecified atom stereocenters. The fraction of sp³-hybridized carbons (Fsp3) is 0.455. The van der Waals surface area contributed by atoms with Gasteiger partial charge in [0.15, 0.2) is 0 Å². The molecule has 0 amide bonds. The minimum Gasteiger partial charge on any atom is -0.370 e. The monoisotopic (exact) mass is 256 g/mol. The number of benzene rings is 1. The molecule has 1 aliphatic rings. The van der Waals surface area contributed by atoms with Crippen molar-refractivity contribution in [1.29, 1.82) is 0 Å². The van der Waals surface area contributed by atoms with Crippen molar-refractivity contribution >= 4 is 15.9 Å². The molecule has 1 heterocycles. The summed E-state index contributed by atoms with van der Waals surface area (Å²) in [6.07, 6.45) is 0.494. The van der Waals surface area contributed by atoms with Gasteiger partial charge in [0.05, 0.1) is 19.3 Å². The lowest BCUT2D eigenvalue weighted by Crippen LogP contribution is -2.21. The van der Waals surface area contributed by atoms with Gasteiger partial charge in [0.2, 0.25) is 0 Å². The van der Waals surface area contributed by atoms with Gasteiger partial charge in [-0.3, -0.25) is 0 Å². The molecule has 0 aromatic heterocycles. The third kappa shape index (κ3) is 2.80. The van der Waals surface area contributed by atoms with E-state index in [9.17, 15) is 0 Å². The van der Waals surface area contributed by atoms with Crippen LogP contribution in [-0.2, 0) is 16.1 Å². The molecule has 0 saturated carbocycles. The molecule has 2 rings (SSSR count). The predicted molar refractivity (Wildman–Crippen MR) is 58.6 cm³/mol. The van der Waals surface area contributed by atoms with Crippen LogP contribution in [0.2, 0.25) is 0 Å². The summed E-state index contributed by atoms with van der Waals surface area (Å²) < 4.78 is 10.9. The second-order valence-electron chi connectivity index (χ2n) is 3.36. The Labute approximate surface area is 92.3 Å². The topological polar surface area (TPSA) is 21.8 Å². The van der Waals surface area contributed by atoms with Gasteiger partial charge < -0.3 is 9.47 Å². The SMILES string of the molecule is BrCC(OCc1ccccc1)C1CO1. The Bertz CT molecular complexity index is 272. The van der Waals surface area contributed by atoms with E-state index in [1.807, 2.05) is 18.2 Å². The van der Waals surface area contributed by atoms with Crippen LogP contribution in [0.4, 0.5) is 0 Å². The standard InChI is InChI=1S/C11H13BrO2/c12-6-10(11-8-14-11)13-7-9-4-2-1-3-5-9/h1-5,10-11H,6-8H2. The minimum atomic E-state index is 0.190. The smallest absolute Gasteiger partial charge is 0.108 e. The van der Waals surface area contributed by atoms with Crippen LogP contribution in [0.5, 0.6) is 0 Å². The van der Waals surface area contributed by atoms with E-state index in [2.05, 4.69) is 28.1 Å². The number of rotatable bonds is 5. The van der Waals surface area contributed by atoms with E-state index in [1.54, 1.807) is 0 Å². The zero-order chi connectivity index (χ0) is 9.80. The van der Waals surface area contributed by atoms with Crippen molar-refractivity contribution in [2.45, 2.75) is 18.8 Å². The molecule has 76 valence electrons. The van der Waals surface area contributed by atoms with Crippen LogP contribution in [0.3, 0.4) is 0 Å². The van der Waals surface area contributed by atoms with Gasteiger partial charge in [-0.1, -0.05) is 46.3 Å². The van der Waals surface area contributed by atoms with Crippen LogP contribution in [-0.4, -0.2) is 24.1 Å². The molecule has 2 nitrogen and oxygen atoms in total. The summed E-state index contributed by atoms with van der Waals surface area (Å²) >= 11 is 3.42. The number of hydrogen-bond acceptors (Lipinski definition) is 2. The second-order valence-corrected chi connectivity index (χ2v) is 4.01. The molecule has 2 atom stereocenters. The number of alkyl halides is 1. The Balaban J connectivity index is 1.81. The maximum absolute atomic E-state index is 5.73. The third-order valence-electron chi connectivity index (χ3n) is 2.23. The Morgan fingerprint density at radius 3 is 2.71 bits per heavy atom. The highest BCUT2D eigenvalue weighted by Gasteiger charge is 2.32. The lowest BCUT2D eigenvalue weighted by molar-refractivity contribution is 0.0379. The summed E-state index contributed by atoms with van der Waals surface area (Å²) in [5.74, 6) is 0. The summed E-state index contributed by atoms with van der Waals surface area (Å²) in [6.45, 7) is 1.50. The molecule has 14 heavy (non-hydrogen) atoms. The van der Waals surface area contributed by atoms with Crippen LogP contribution in [0.1, 0.15) is 5.56 Å². The van der Waals surface area contributed by atoms with E-state index in [1.165, 1.54) is 5.56 Å². The number of halogens is 1. The van der Waals surface area contributed by atoms with Gasteiger partial charge in [0, 0.05) is 5.33 Å². The lowest BCUT2D eigenvalue weighted by atomic mass is 10.2. The van der Waals surface area contributed by atoms with Crippen LogP contribution in [0, 0.1) is 0 Å². The first-order valence-corrected chi connectivity index (χ1v) is 5.85. The average Bonchev–Trinajstić information content (AvgIpc) is 3.05. The summed E-state index contributed by atoms with van der Waals surface area (Å²) in [6, 6.07) is 10.2. The van der Waals surface area contributed by atoms with Gasteiger partial charge in [-0.05, 0) is 5.56 Å². The highest BCUT2D eigenvalue weighted by molar-refractivity contribution is 9.09. The van der Waals surface area contributed by atoms with Crippen molar-refractivity contribution in [3.8, 4) is 0 Å². The zero-order valence-electron chi connectivity index (χ0n) is 7.86. The fourth-order valence-electron chi connectivity index (χ4n) is 1.30. The van der Waals surface area contributed by atoms with Crippen molar-refractivity contribution in [3.63, 3.8) is 0 Å². The van der Waals surface area contributed by atoms with Crippen LogP contribution < -0.4 is 0 Å². The maximum atomic E-state index is 5.73. The fourth-order valence-corrected chi connectivity index (χ4v) is 1.90. The molecule has 0 aliphatic carbocycles. The van der Waals surface area contributed by atoms with E-state index in [4.69, 9.17) is 9.47 Å². The van der Waals surface area contributed by atoms with E-state index >= 15 is 0 Å². The molecule has 1 aliphatic heterocycles.